The Bertz CT molecular complexity index is 456. The van der Waals surface area contributed by atoms with E-state index in [1.54, 1.807) is 12.1 Å². The first-order chi connectivity index (χ1) is 6.79. The molecule has 1 aromatic carbocycles. The van der Waals surface area contributed by atoms with E-state index < -0.39 is 15.9 Å². The molecule has 0 spiro atoms. The number of sulfone groups is 1. The molecule has 1 aromatic rings. The van der Waals surface area contributed by atoms with Crippen LogP contribution in [0.25, 0.3) is 0 Å². The third-order valence-corrected chi connectivity index (χ3v) is 3.48. The minimum absolute atomic E-state index is 0.0631. The van der Waals surface area contributed by atoms with E-state index in [1.165, 1.54) is 6.26 Å². The molecule has 0 saturated heterocycles. The van der Waals surface area contributed by atoms with Crippen LogP contribution in [-0.4, -0.2) is 20.4 Å². The normalized spacial score (nSPS) is 13.9. The van der Waals surface area contributed by atoms with Crippen molar-refractivity contribution in [1.82, 2.24) is 0 Å². The van der Waals surface area contributed by atoms with Crippen molar-refractivity contribution in [2.75, 3.05) is 12.0 Å². The van der Waals surface area contributed by atoms with Crippen LogP contribution in [-0.2, 0) is 9.84 Å². The first-order valence-corrected chi connectivity index (χ1v) is 6.93. The summed E-state index contributed by atoms with van der Waals surface area (Å²) in [5.74, 6) is -0.0631. The predicted octanol–water partition coefficient (Wildman–Crippen LogP) is 1.69. The first kappa shape index (κ1) is 12.5. The Balaban J connectivity index is 2.92. The van der Waals surface area contributed by atoms with Crippen molar-refractivity contribution in [3.05, 3.63) is 34.3 Å². The molecule has 1 atom stereocenters. The van der Waals surface area contributed by atoms with Crippen LogP contribution in [0.2, 0.25) is 5.02 Å². The lowest BCUT2D eigenvalue weighted by atomic mass is 10.1. The molecule has 1 rings (SSSR count). The summed E-state index contributed by atoms with van der Waals surface area (Å²) in [5.41, 5.74) is 7.46. The summed E-state index contributed by atoms with van der Waals surface area (Å²) < 4.78 is 22.1. The summed E-state index contributed by atoms with van der Waals surface area (Å²) in [6.45, 7) is 1.88. The highest BCUT2D eigenvalue weighted by Gasteiger charge is 2.13. The maximum Gasteiger partial charge on any atom is 0.149 e. The molecule has 0 aliphatic heterocycles. The van der Waals surface area contributed by atoms with Gasteiger partial charge in [-0.3, -0.25) is 0 Å². The Morgan fingerprint density at radius 2 is 2.07 bits per heavy atom. The Kier molecular flexibility index (Phi) is 3.76. The van der Waals surface area contributed by atoms with Gasteiger partial charge in [-0.1, -0.05) is 23.7 Å². The monoisotopic (exact) mass is 247 g/mol. The number of rotatable bonds is 3. The molecule has 0 aromatic heterocycles. The summed E-state index contributed by atoms with van der Waals surface area (Å²) >= 11 is 5.92. The summed E-state index contributed by atoms with van der Waals surface area (Å²) in [7, 11) is -3.06. The van der Waals surface area contributed by atoms with Gasteiger partial charge in [-0.15, -0.1) is 0 Å². The van der Waals surface area contributed by atoms with Crippen molar-refractivity contribution >= 4 is 21.4 Å². The van der Waals surface area contributed by atoms with E-state index in [0.717, 1.165) is 11.1 Å². The van der Waals surface area contributed by atoms with Crippen LogP contribution in [0.5, 0.6) is 0 Å². The van der Waals surface area contributed by atoms with Crippen LogP contribution in [0.1, 0.15) is 17.2 Å². The summed E-state index contributed by atoms with van der Waals surface area (Å²) in [6, 6.07) is 4.84. The number of benzene rings is 1. The summed E-state index contributed by atoms with van der Waals surface area (Å²) in [5, 5.41) is 0.608. The Hall–Kier alpha value is -0.580. The van der Waals surface area contributed by atoms with Gasteiger partial charge in [-0.2, -0.15) is 0 Å². The molecule has 0 amide bonds. The highest BCUT2D eigenvalue weighted by Crippen LogP contribution is 2.20. The Labute approximate surface area is 95.2 Å². The third-order valence-electron chi connectivity index (χ3n) is 2.11. The second-order valence-electron chi connectivity index (χ2n) is 3.71. The lowest BCUT2D eigenvalue weighted by molar-refractivity contribution is 0.595. The van der Waals surface area contributed by atoms with Crippen LogP contribution in [0.4, 0.5) is 0 Å². The maximum atomic E-state index is 11.1. The van der Waals surface area contributed by atoms with E-state index in [2.05, 4.69) is 0 Å². The predicted molar refractivity (Wildman–Crippen MR) is 62.8 cm³/mol. The molecule has 15 heavy (non-hydrogen) atoms. The van der Waals surface area contributed by atoms with Crippen molar-refractivity contribution in [2.45, 2.75) is 13.0 Å². The molecular weight excluding hydrogens is 234 g/mol. The Morgan fingerprint density at radius 3 is 2.53 bits per heavy atom. The van der Waals surface area contributed by atoms with Gasteiger partial charge in [0.1, 0.15) is 9.84 Å². The molecule has 0 bridgehead atoms. The summed E-state index contributed by atoms with van der Waals surface area (Å²) in [4.78, 5) is 0. The number of aryl methyl sites for hydroxylation is 1. The molecule has 3 nitrogen and oxygen atoms in total. The molecule has 0 saturated carbocycles. The van der Waals surface area contributed by atoms with E-state index in [1.807, 2.05) is 13.0 Å². The molecule has 0 aliphatic rings. The van der Waals surface area contributed by atoms with E-state index in [4.69, 9.17) is 17.3 Å². The van der Waals surface area contributed by atoms with Gasteiger partial charge >= 0.3 is 0 Å². The van der Waals surface area contributed by atoms with Crippen molar-refractivity contribution < 1.29 is 8.42 Å². The molecule has 5 heteroatoms. The zero-order valence-corrected chi connectivity index (χ0v) is 10.3. The van der Waals surface area contributed by atoms with E-state index >= 15 is 0 Å². The molecule has 84 valence electrons. The van der Waals surface area contributed by atoms with Gasteiger partial charge in [-0.25, -0.2) is 8.42 Å². The van der Waals surface area contributed by atoms with Crippen LogP contribution in [0, 0.1) is 6.92 Å². The fourth-order valence-corrected chi connectivity index (χ4v) is 2.30. The van der Waals surface area contributed by atoms with Crippen molar-refractivity contribution in [1.29, 1.82) is 0 Å². The quantitative estimate of drug-likeness (QED) is 0.884. The standard InChI is InChI=1S/C10H14ClNO2S/c1-7-3-4-8(5-9(7)11)10(12)6-15(2,13)14/h3-5,10H,6,12H2,1-2H3. The highest BCUT2D eigenvalue weighted by atomic mass is 35.5. The topological polar surface area (TPSA) is 60.2 Å². The van der Waals surface area contributed by atoms with Crippen molar-refractivity contribution in [3.8, 4) is 0 Å². The van der Waals surface area contributed by atoms with Gasteiger partial charge in [-0.05, 0) is 24.1 Å². The molecule has 0 aliphatic carbocycles. The number of hydrogen-bond acceptors (Lipinski definition) is 3. The zero-order chi connectivity index (χ0) is 11.6. The van der Waals surface area contributed by atoms with Gasteiger partial charge in [0.2, 0.25) is 0 Å². The lowest BCUT2D eigenvalue weighted by Crippen LogP contribution is -2.20. The van der Waals surface area contributed by atoms with Gasteiger partial charge < -0.3 is 5.73 Å². The molecule has 2 N–H and O–H groups in total. The molecule has 0 radical (unpaired) electrons. The van der Waals surface area contributed by atoms with Crippen LogP contribution in [0.15, 0.2) is 18.2 Å². The lowest BCUT2D eigenvalue weighted by Gasteiger charge is -2.11. The largest absolute Gasteiger partial charge is 0.323 e. The number of hydrogen-bond donors (Lipinski definition) is 1. The van der Waals surface area contributed by atoms with Crippen LogP contribution in [0.3, 0.4) is 0 Å². The minimum Gasteiger partial charge on any atom is -0.323 e. The smallest absolute Gasteiger partial charge is 0.149 e. The number of halogens is 1. The van der Waals surface area contributed by atoms with Gasteiger partial charge in [0.15, 0.2) is 0 Å². The fourth-order valence-electron chi connectivity index (χ4n) is 1.26. The third kappa shape index (κ3) is 3.81. The van der Waals surface area contributed by atoms with Crippen LogP contribution < -0.4 is 5.73 Å². The average Bonchev–Trinajstić information content (AvgIpc) is 2.06. The van der Waals surface area contributed by atoms with Crippen molar-refractivity contribution in [3.63, 3.8) is 0 Å². The molecule has 0 fully saturated rings. The number of nitrogens with two attached hydrogens (primary N) is 1. The molecule has 1 unspecified atom stereocenters. The highest BCUT2D eigenvalue weighted by molar-refractivity contribution is 7.90. The van der Waals surface area contributed by atoms with Gasteiger partial charge in [0.25, 0.3) is 0 Å². The zero-order valence-electron chi connectivity index (χ0n) is 8.70. The van der Waals surface area contributed by atoms with E-state index in [9.17, 15) is 8.42 Å². The van der Waals surface area contributed by atoms with Crippen molar-refractivity contribution in [2.24, 2.45) is 5.73 Å². The summed E-state index contributed by atoms with van der Waals surface area (Å²) in [6.07, 6.45) is 1.17. The Morgan fingerprint density at radius 1 is 1.47 bits per heavy atom. The van der Waals surface area contributed by atoms with Crippen LogP contribution >= 0.6 is 11.6 Å². The van der Waals surface area contributed by atoms with Gasteiger partial charge in [0.05, 0.1) is 5.75 Å². The maximum absolute atomic E-state index is 11.1. The second-order valence-corrected chi connectivity index (χ2v) is 6.30. The first-order valence-electron chi connectivity index (χ1n) is 4.49. The van der Waals surface area contributed by atoms with E-state index in [0.29, 0.717) is 5.02 Å². The minimum atomic E-state index is -3.06. The SMILES string of the molecule is Cc1ccc(C(N)CS(C)(=O)=O)cc1Cl. The average molecular weight is 248 g/mol. The molecule has 0 heterocycles. The fraction of sp³-hybridized carbons (Fsp3) is 0.400. The van der Waals surface area contributed by atoms with E-state index in [-0.39, 0.29) is 5.75 Å². The second kappa shape index (κ2) is 4.51. The van der Waals surface area contributed by atoms with Gasteiger partial charge in [0, 0.05) is 17.3 Å². The molecular formula is C10H14ClNO2S.